The summed E-state index contributed by atoms with van der Waals surface area (Å²) in [4.78, 5) is 0. The molecule has 1 aromatic rings. The van der Waals surface area contributed by atoms with Gasteiger partial charge in [-0.15, -0.1) is 0 Å². The van der Waals surface area contributed by atoms with Crippen LogP contribution in [0.3, 0.4) is 0 Å². The van der Waals surface area contributed by atoms with Gasteiger partial charge in [0.05, 0.1) is 0 Å². The zero-order valence-corrected chi connectivity index (χ0v) is 21.5. The average Bonchev–Trinajstić information content (AvgIpc) is 3.02. The van der Waals surface area contributed by atoms with Crippen LogP contribution in [-0.4, -0.2) is 33.8 Å². The number of hydrogen-bond donors (Lipinski definition) is 1. The standard InChI is InChI=1S/C20H39GeNOSi2/c1-21(2,3)18-15-16-20(23-18)24(4,5)25(6)17-13-11-9-7-8-10-12-14-19(25)22/h15-16,22H,7-14,17H2,1-6H3. The van der Waals surface area contributed by atoms with Crippen LogP contribution in [0.4, 0.5) is 0 Å². The van der Waals surface area contributed by atoms with Gasteiger partial charge in [-0.2, -0.15) is 0 Å². The Kier molecular flexibility index (Phi) is 7.05. The molecular formula is C20H39GeNOSi2. The van der Waals surface area contributed by atoms with Gasteiger partial charge in [-0.05, 0) is 0 Å². The van der Waals surface area contributed by atoms with Crippen LogP contribution >= 0.6 is 0 Å². The van der Waals surface area contributed by atoms with E-state index in [-0.39, 0.29) is 0 Å². The van der Waals surface area contributed by atoms with E-state index in [0.29, 0.717) is 0 Å². The summed E-state index contributed by atoms with van der Waals surface area (Å²) in [6.45, 7) is 7.54. The van der Waals surface area contributed by atoms with E-state index in [2.05, 4.69) is 49.0 Å². The fraction of sp³-hybridized carbons (Fsp3) is 0.750. The molecule has 2 nitrogen and oxygen atoms in total. The molecule has 1 aliphatic rings. The van der Waals surface area contributed by atoms with E-state index in [4.69, 9.17) is 9.83 Å². The molecule has 5 heteroatoms. The van der Waals surface area contributed by atoms with E-state index >= 15 is 0 Å². The summed E-state index contributed by atoms with van der Waals surface area (Å²) in [5.74, 6) is 7.22. The Morgan fingerprint density at radius 2 is 1.52 bits per heavy atom. The fourth-order valence-corrected chi connectivity index (χ4v) is 18.3. The van der Waals surface area contributed by atoms with E-state index < -0.39 is 28.4 Å². The Bertz CT molecular complexity index is 591. The van der Waals surface area contributed by atoms with Gasteiger partial charge in [0.1, 0.15) is 0 Å². The second-order valence-electron chi connectivity index (χ2n) is 9.82. The summed E-state index contributed by atoms with van der Waals surface area (Å²) in [7, 11) is -3.52. The van der Waals surface area contributed by atoms with Crippen molar-refractivity contribution >= 4 is 43.8 Å². The fourth-order valence-electron chi connectivity index (χ4n) is 4.13. The van der Waals surface area contributed by atoms with Gasteiger partial charge < -0.3 is 0 Å². The van der Waals surface area contributed by atoms with Crippen molar-refractivity contribution in [2.24, 2.45) is 0 Å². The van der Waals surface area contributed by atoms with Crippen molar-refractivity contribution in [3.05, 3.63) is 12.1 Å². The summed E-state index contributed by atoms with van der Waals surface area (Å²) in [5, 5.41) is 11.4. The molecule has 142 valence electrons. The Labute approximate surface area is 159 Å². The summed E-state index contributed by atoms with van der Waals surface area (Å²) in [6, 6.07) is 5.88. The summed E-state index contributed by atoms with van der Waals surface area (Å²) in [5.41, 5.74) is 0. The van der Waals surface area contributed by atoms with Crippen molar-refractivity contribution in [2.75, 3.05) is 0 Å². The van der Waals surface area contributed by atoms with Crippen LogP contribution < -0.4 is 9.98 Å². The summed E-state index contributed by atoms with van der Waals surface area (Å²) >= 11 is -1.92. The molecule has 0 spiro atoms. The van der Waals surface area contributed by atoms with Gasteiger partial charge in [0.2, 0.25) is 0 Å². The van der Waals surface area contributed by atoms with Gasteiger partial charge in [-0.25, -0.2) is 0 Å². The van der Waals surface area contributed by atoms with E-state index in [1.807, 2.05) is 0 Å². The van der Waals surface area contributed by atoms with Crippen molar-refractivity contribution < 1.29 is 4.42 Å². The topological polar surface area (TPSA) is 37.0 Å². The quantitative estimate of drug-likeness (QED) is 0.614. The maximum absolute atomic E-state index is 9.02. The maximum atomic E-state index is 9.02. The zero-order valence-electron chi connectivity index (χ0n) is 17.4. The molecule has 2 heterocycles. The molecular weight excluding hydrogens is 399 g/mol. The Morgan fingerprint density at radius 1 is 0.960 bits per heavy atom. The zero-order chi connectivity index (χ0) is 18.7. The van der Waals surface area contributed by atoms with Crippen LogP contribution in [0.2, 0.25) is 43.0 Å². The molecule has 2 rings (SSSR count). The third-order valence-corrected chi connectivity index (χ3v) is 28.1. The normalized spacial score (nSPS) is 24.8. The average molecular weight is 438 g/mol. The first-order chi connectivity index (χ1) is 11.6. The molecule has 0 amide bonds. The van der Waals surface area contributed by atoms with Gasteiger partial charge in [0.25, 0.3) is 0 Å². The molecule has 0 radical (unpaired) electrons. The predicted molar refractivity (Wildman–Crippen MR) is 120 cm³/mol. The first kappa shape index (κ1) is 21.2. The third-order valence-electron chi connectivity index (χ3n) is 6.61. The first-order valence-corrected chi connectivity index (χ1v) is 24.3. The number of hydrogen-bond acceptors (Lipinski definition) is 2. The summed E-state index contributed by atoms with van der Waals surface area (Å²) < 4.78 is 7.80. The summed E-state index contributed by atoms with van der Waals surface area (Å²) in [6.07, 6.45) is 10.4. The van der Waals surface area contributed by atoms with E-state index in [9.17, 15) is 0 Å². The van der Waals surface area contributed by atoms with Gasteiger partial charge in [0, 0.05) is 0 Å². The molecule has 0 bridgehead atoms. The van der Waals surface area contributed by atoms with Crippen molar-refractivity contribution in [3.63, 3.8) is 0 Å². The second kappa shape index (κ2) is 8.30. The minimum absolute atomic E-state index is 1.05. The van der Waals surface area contributed by atoms with Gasteiger partial charge in [0.15, 0.2) is 0 Å². The van der Waals surface area contributed by atoms with Crippen molar-refractivity contribution in [3.8, 4) is 0 Å². The molecule has 0 aromatic carbocycles. The van der Waals surface area contributed by atoms with E-state index in [0.717, 1.165) is 11.8 Å². The molecule has 1 saturated heterocycles. The molecule has 1 aliphatic heterocycles. The number of nitrogens with one attached hydrogen (secondary N) is 1. The second-order valence-corrected chi connectivity index (χ2v) is 34.9. The molecule has 1 N–H and O–H groups in total. The monoisotopic (exact) mass is 439 g/mol. The number of furan rings is 1. The number of rotatable bonds is 3. The van der Waals surface area contributed by atoms with Crippen LogP contribution in [0, 0.1) is 5.41 Å². The van der Waals surface area contributed by atoms with E-state index in [1.165, 1.54) is 61.0 Å². The first-order valence-electron chi connectivity index (χ1n) is 10.3. The predicted octanol–water partition coefficient (Wildman–Crippen LogP) is 5.59. The molecule has 0 saturated carbocycles. The third kappa shape index (κ3) is 4.81. The van der Waals surface area contributed by atoms with Crippen molar-refractivity contribution in [1.29, 1.82) is 5.41 Å². The molecule has 0 aliphatic carbocycles. The van der Waals surface area contributed by atoms with Gasteiger partial charge >= 0.3 is 160 Å². The Morgan fingerprint density at radius 3 is 2.08 bits per heavy atom. The minimum atomic E-state index is -1.92. The Hall–Kier alpha value is -0.0734. The van der Waals surface area contributed by atoms with Crippen LogP contribution in [0.15, 0.2) is 16.5 Å². The van der Waals surface area contributed by atoms with Crippen LogP contribution in [0.1, 0.15) is 51.4 Å². The van der Waals surface area contributed by atoms with Gasteiger partial charge in [-0.1, -0.05) is 0 Å². The molecule has 1 unspecified atom stereocenters. The molecule has 1 aromatic heterocycles. The van der Waals surface area contributed by atoms with E-state index in [1.54, 1.807) is 0 Å². The molecule has 1 fully saturated rings. The Balaban J connectivity index is 2.33. The SMILES string of the molecule is C[Si]1([Si](C)(C)c2cc[c]([Ge]([CH3])([CH3])[CH3])o2)CCCCCCCCCC1=N. The molecule has 1 atom stereocenters. The van der Waals surface area contributed by atoms with Crippen LogP contribution in [0.25, 0.3) is 0 Å². The van der Waals surface area contributed by atoms with Crippen LogP contribution in [-0.2, 0) is 0 Å². The van der Waals surface area contributed by atoms with Crippen molar-refractivity contribution in [2.45, 2.75) is 94.3 Å². The molecule has 25 heavy (non-hydrogen) atoms. The van der Waals surface area contributed by atoms with Crippen LogP contribution in [0.5, 0.6) is 0 Å². The van der Waals surface area contributed by atoms with Gasteiger partial charge in [-0.3, -0.25) is 0 Å². The van der Waals surface area contributed by atoms with Crippen molar-refractivity contribution in [1.82, 2.24) is 0 Å².